The minimum absolute atomic E-state index is 0.0534. The van der Waals surface area contributed by atoms with E-state index in [1.54, 1.807) is 19.9 Å². The molecule has 166 valence electrons. The predicted octanol–water partition coefficient (Wildman–Crippen LogP) is 4.94. The molecule has 0 N–H and O–H groups in total. The van der Waals surface area contributed by atoms with Crippen LogP contribution >= 0.6 is 0 Å². The van der Waals surface area contributed by atoms with Gasteiger partial charge in [0.25, 0.3) is 6.43 Å². The van der Waals surface area contributed by atoms with Gasteiger partial charge in [-0.15, -0.1) is 0 Å². The normalized spacial score (nSPS) is 13.0. The molecule has 0 aliphatic rings. The second kappa shape index (κ2) is 9.44. The molecule has 0 aliphatic carbocycles. The molecule has 0 radical (unpaired) electrons. The molecule has 1 heterocycles. The van der Waals surface area contributed by atoms with Crippen molar-refractivity contribution in [1.29, 1.82) is 0 Å². The van der Waals surface area contributed by atoms with Gasteiger partial charge in [0.05, 0.1) is 18.2 Å². The van der Waals surface area contributed by atoms with E-state index in [2.05, 4.69) is 5.10 Å². The van der Waals surface area contributed by atoms with Crippen molar-refractivity contribution in [1.82, 2.24) is 9.78 Å². The number of aromatic nitrogens is 2. The number of halogens is 5. The maximum atomic E-state index is 13.6. The van der Waals surface area contributed by atoms with Crippen molar-refractivity contribution in [3.8, 4) is 5.75 Å². The van der Waals surface area contributed by atoms with E-state index in [0.717, 1.165) is 4.68 Å². The summed E-state index contributed by atoms with van der Waals surface area (Å²) in [6, 6.07) is 5.85. The fourth-order valence-electron chi connectivity index (χ4n) is 2.94. The number of nitrogens with zero attached hydrogens (tertiary/aromatic N) is 2. The lowest BCUT2D eigenvalue weighted by molar-refractivity contribution is -0.157. The molecule has 0 unspecified atom stereocenters. The van der Waals surface area contributed by atoms with E-state index in [-0.39, 0.29) is 28.6 Å². The van der Waals surface area contributed by atoms with Gasteiger partial charge in [0.2, 0.25) is 0 Å². The Morgan fingerprint density at radius 2 is 1.87 bits per heavy atom. The summed E-state index contributed by atoms with van der Waals surface area (Å²) in [5.41, 5.74) is 0.601. The van der Waals surface area contributed by atoms with Crippen LogP contribution in [-0.4, -0.2) is 34.5 Å². The van der Waals surface area contributed by atoms with Gasteiger partial charge in [0.15, 0.2) is 6.10 Å². The fourth-order valence-corrected chi connectivity index (χ4v) is 2.94. The lowest BCUT2D eigenvalue weighted by Crippen LogP contribution is -2.21. The second-order valence-corrected chi connectivity index (χ2v) is 7.08. The number of aryl methyl sites for hydroxylation is 1. The van der Waals surface area contributed by atoms with Crippen molar-refractivity contribution in [2.45, 2.75) is 65.5 Å². The highest BCUT2D eigenvalue weighted by Crippen LogP contribution is 2.29. The molecule has 30 heavy (non-hydrogen) atoms. The molecule has 10 heteroatoms. The molecule has 2 rings (SSSR count). The fraction of sp³-hybridized carbons (Fsp3) is 0.500. The number of esters is 1. The number of rotatable bonds is 8. The smallest absolute Gasteiger partial charge is 0.408 e. The predicted molar refractivity (Wildman–Crippen MR) is 98.5 cm³/mol. The monoisotopic (exact) mass is 434 g/mol. The van der Waals surface area contributed by atoms with Crippen molar-refractivity contribution in [2.75, 3.05) is 0 Å². The Bertz CT molecular complexity index is 878. The number of benzene rings is 1. The van der Waals surface area contributed by atoms with Crippen LogP contribution in [0.15, 0.2) is 24.3 Å². The van der Waals surface area contributed by atoms with Crippen molar-refractivity contribution < 1.29 is 36.2 Å². The zero-order valence-electron chi connectivity index (χ0n) is 17.0. The average molecular weight is 434 g/mol. The first-order chi connectivity index (χ1) is 13.9. The molecule has 0 saturated carbocycles. The summed E-state index contributed by atoms with van der Waals surface area (Å²) in [7, 11) is 0. The first-order valence-corrected chi connectivity index (χ1v) is 9.21. The molecule has 2 aromatic rings. The second-order valence-electron chi connectivity index (χ2n) is 7.08. The van der Waals surface area contributed by atoms with Crippen molar-refractivity contribution in [2.24, 2.45) is 0 Å². The average Bonchev–Trinajstić information content (AvgIpc) is 2.85. The van der Waals surface area contributed by atoms with Crippen LogP contribution in [0.25, 0.3) is 0 Å². The highest BCUT2D eigenvalue weighted by Gasteiger charge is 2.31. The van der Waals surface area contributed by atoms with E-state index in [9.17, 15) is 26.7 Å². The van der Waals surface area contributed by atoms with Crippen LogP contribution in [0.4, 0.5) is 22.0 Å². The van der Waals surface area contributed by atoms with Crippen LogP contribution < -0.4 is 4.74 Å². The highest BCUT2D eigenvalue weighted by atomic mass is 19.4. The number of hydrogen-bond donors (Lipinski definition) is 0. The molecule has 1 aromatic heterocycles. The van der Waals surface area contributed by atoms with E-state index in [4.69, 9.17) is 9.47 Å². The molecule has 0 bridgehead atoms. The van der Waals surface area contributed by atoms with Crippen LogP contribution in [0.1, 0.15) is 42.5 Å². The molecule has 5 nitrogen and oxygen atoms in total. The molecule has 0 saturated heterocycles. The Balaban J connectivity index is 2.17. The Morgan fingerprint density at radius 1 is 1.20 bits per heavy atom. The van der Waals surface area contributed by atoms with Gasteiger partial charge >= 0.3 is 12.1 Å². The summed E-state index contributed by atoms with van der Waals surface area (Å²) in [4.78, 5) is 12.3. The minimum Gasteiger partial charge on any atom is -0.491 e. The minimum atomic E-state index is -4.48. The molecule has 1 atom stereocenters. The van der Waals surface area contributed by atoms with Crippen molar-refractivity contribution in [3.05, 3.63) is 46.8 Å². The van der Waals surface area contributed by atoms with Gasteiger partial charge in [-0.1, -0.05) is 12.1 Å². The molecule has 1 aromatic carbocycles. The van der Waals surface area contributed by atoms with Gasteiger partial charge in [-0.2, -0.15) is 18.3 Å². The van der Waals surface area contributed by atoms with Crippen molar-refractivity contribution >= 4 is 5.97 Å². The Kier molecular flexibility index (Phi) is 7.44. The third-order valence-corrected chi connectivity index (χ3v) is 4.23. The van der Waals surface area contributed by atoms with Crippen LogP contribution in [0.3, 0.4) is 0 Å². The molecule has 0 amide bonds. The number of carbonyl (C=O) groups is 1. The Morgan fingerprint density at radius 3 is 2.43 bits per heavy atom. The van der Waals surface area contributed by atoms with Gasteiger partial charge in [-0.25, -0.2) is 8.78 Å². The summed E-state index contributed by atoms with van der Waals surface area (Å²) in [6.07, 6.45) is -9.96. The van der Waals surface area contributed by atoms with Crippen molar-refractivity contribution in [3.63, 3.8) is 0 Å². The number of carbonyl (C=O) groups excluding carboxylic acids is 1. The quantitative estimate of drug-likeness (QED) is 0.436. The zero-order valence-corrected chi connectivity index (χ0v) is 17.0. The van der Waals surface area contributed by atoms with E-state index in [1.165, 1.54) is 32.0 Å². The zero-order chi connectivity index (χ0) is 22.6. The summed E-state index contributed by atoms with van der Waals surface area (Å²) < 4.78 is 76.2. The van der Waals surface area contributed by atoms with Gasteiger partial charge < -0.3 is 9.47 Å². The molecule has 0 spiro atoms. The van der Waals surface area contributed by atoms with Gasteiger partial charge in [-0.05, 0) is 39.8 Å². The standard InChI is InChI=1S/C20H23F5N2O3/c1-11(2)29-15-7-5-6-14(8-15)18(19(21)22)30-17(28)9-16-12(3)26-27(13(16)4)10-20(23,24)25/h5-8,11,18-19H,9-10H2,1-4H3/t18-/m1/s1. The lowest BCUT2D eigenvalue weighted by Gasteiger charge is -2.19. The van der Waals surface area contributed by atoms with Crippen LogP contribution in [0, 0.1) is 13.8 Å². The third kappa shape index (κ3) is 6.43. The van der Waals surface area contributed by atoms with Gasteiger partial charge in [0.1, 0.15) is 12.3 Å². The largest absolute Gasteiger partial charge is 0.491 e. The van der Waals surface area contributed by atoms with E-state index in [1.807, 2.05) is 0 Å². The van der Waals surface area contributed by atoms with E-state index < -0.39 is 37.6 Å². The lowest BCUT2D eigenvalue weighted by atomic mass is 10.1. The third-order valence-electron chi connectivity index (χ3n) is 4.23. The first kappa shape index (κ1) is 23.6. The number of alkyl halides is 5. The van der Waals surface area contributed by atoms with Crippen LogP contribution in [-0.2, 0) is 22.5 Å². The van der Waals surface area contributed by atoms with Crippen LogP contribution in [0.2, 0.25) is 0 Å². The maximum absolute atomic E-state index is 13.6. The SMILES string of the molecule is Cc1nn(CC(F)(F)F)c(C)c1CC(=O)O[C@H](c1cccc(OC(C)C)c1)C(F)F. The van der Waals surface area contributed by atoms with Crippen LogP contribution in [0.5, 0.6) is 5.75 Å². The molecule has 0 aliphatic heterocycles. The molecular weight excluding hydrogens is 411 g/mol. The number of hydrogen-bond acceptors (Lipinski definition) is 4. The summed E-state index contributed by atoms with van der Waals surface area (Å²) in [6.45, 7) is 5.07. The highest BCUT2D eigenvalue weighted by molar-refractivity contribution is 5.73. The Labute approximate surface area is 170 Å². The summed E-state index contributed by atoms with van der Waals surface area (Å²) in [5, 5.41) is 3.78. The topological polar surface area (TPSA) is 53.4 Å². The molecular formula is C20H23F5N2O3. The maximum Gasteiger partial charge on any atom is 0.408 e. The van der Waals surface area contributed by atoms with Gasteiger partial charge in [0, 0.05) is 16.8 Å². The number of ether oxygens (including phenoxy) is 2. The first-order valence-electron chi connectivity index (χ1n) is 9.21. The van der Waals surface area contributed by atoms with E-state index >= 15 is 0 Å². The summed E-state index contributed by atoms with van der Waals surface area (Å²) in [5.74, 6) is -0.641. The Hall–Kier alpha value is -2.65. The van der Waals surface area contributed by atoms with E-state index in [0.29, 0.717) is 5.75 Å². The summed E-state index contributed by atoms with van der Waals surface area (Å²) >= 11 is 0. The molecule has 0 fully saturated rings. The van der Waals surface area contributed by atoms with Gasteiger partial charge in [-0.3, -0.25) is 9.48 Å².